The lowest BCUT2D eigenvalue weighted by atomic mass is 9.98. The number of nitrogens with one attached hydrogen (secondary N) is 2. The van der Waals surface area contributed by atoms with Crippen LogP contribution < -0.4 is 5.32 Å². The van der Waals surface area contributed by atoms with Gasteiger partial charge in [-0.05, 0) is 25.5 Å². The van der Waals surface area contributed by atoms with E-state index in [1.807, 2.05) is 17.7 Å². The molecule has 1 fully saturated rings. The number of H-pyrrole nitrogens is 1. The Hall–Kier alpha value is -2.81. The minimum atomic E-state index is -0.523. The second-order valence-electron chi connectivity index (χ2n) is 6.27. The highest BCUT2D eigenvalue weighted by molar-refractivity contribution is 6.04. The van der Waals surface area contributed by atoms with Crippen LogP contribution in [0.15, 0.2) is 24.4 Å². The zero-order chi connectivity index (χ0) is 18.1. The van der Waals surface area contributed by atoms with Gasteiger partial charge in [0.05, 0.1) is 11.3 Å². The van der Waals surface area contributed by atoms with Gasteiger partial charge < -0.3 is 10.1 Å². The van der Waals surface area contributed by atoms with Crippen LogP contribution in [0.4, 0.5) is 4.39 Å². The monoisotopic (exact) mass is 358 g/mol. The van der Waals surface area contributed by atoms with E-state index in [2.05, 4.69) is 25.8 Å². The van der Waals surface area contributed by atoms with Crippen molar-refractivity contribution >= 4 is 16.9 Å². The first-order valence-corrected chi connectivity index (χ1v) is 8.59. The number of nitrogens with zero attached hydrogens (tertiary/aromatic N) is 4. The highest BCUT2D eigenvalue weighted by Gasteiger charge is 2.32. The minimum absolute atomic E-state index is 0.114. The fourth-order valence-electron chi connectivity index (χ4n) is 3.43. The van der Waals surface area contributed by atoms with E-state index in [-0.39, 0.29) is 23.5 Å². The van der Waals surface area contributed by atoms with Crippen molar-refractivity contribution < 1.29 is 13.9 Å². The molecule has 0 bridgehead atoms. The van der Waals surface area contributed by atoms with Crippen LogP contribution in [0.3, 0.4) is 0 Å². The maximum atomic E-state index is 13.7. The molecule has 1 aliphatic heterocycles. The van der Waals surface area contributed by atoms with E-state index in [0.29, 0.717) is 24.2 Å². The van der Waals surface area contributed by atoms with E-state index in [0.717, 1.165) is 18.7 Å². The van der Waals surface area contributed by atoms with Gasteiger partial charge in [0.2, 0.25) is 0 Å². The lowest BCUT2D eigenvalue weighted by molar-refractivity contribution is 0.0795. The lowest BCUT2D eigenvalue weighted by Gasteiger charge is -2.20. The predicted molar refractivity (Wildman–Crippen MR) is 90.9 cm³/mol. The van der Waals surface area contributed by atoms with Crippen molar-refractivity contribution in [2.24, 2.45) is 5.92 Å². The Labute approximate surface area is 148 Å². The summed E-state index contributed by atoms with van der Waals surface area (Å²) in [6.45, 7) is 3.84. The van der Waals surface area contributed by atoms with Crippen molar-refractivity contribution in [1.29, 1.82) is 0 Å². The van der Waals surface area contributed by atoms with E-state index in [1.54, 1.807) is 6.20 Å². The Morgan fingerprint density at radius 1 is 1.46 bits per heavy atom. The number of hydrogen-bond acceptors (Lipinski definition) is 5. The molecule has 8 nitrogen and oxygen atoms in total. The molecule has 0 unspecified atom stereocenters. The summed E-state index contributed by atoms with van der Waals surface area (Å²) < 4.78 is 21.5. The summed E-state index contributed by atoms with van der Waals surface area (Å²) in [5.74, 6) is -0.772. The molecule has 1 aliphatic rings. The van der Waals surface area contributed by atoms with Crippen molar-refractivity contribution in [1.82, 2.24) is 30.5 Å². The van der Waals surface area contributed by atoms with E-state index >= 15 is 0 Å². The summed E-state index contributed by atoms with van der Waals surface area (Å²) in [6, 6.07) is 4.36. The van der Waals surface area contributed by atoms with Gasteiger partial charge >= 0.3 is 0 Å². The molecule has 0 radical (unpaired) electrons. The van der Waals surface area contributed by atoms with E-state index in [9.17, 15) is 9.18 Å². The third-order valence-electron chi connectivity index (χ3n) is 4.71. The van der Waals surface area contributed by atoms with Gasteiger partial charge in [0, 0.05) is 37.9 Å². The Balaban J connectivity index is 1.49. The third-order valence-corrected chi connectivity index (χ3v) is 4.71. The number of carbonyl (C=O) groups is 1. The number of rotatable bonds is 5. The van der Waals surface area contributed by atoms with Gasteiger partial charge in [-0.15, -0.1) is 0 Å². The molecule has 4 rings (SSSR count). The van der Waals surface area contributed by atoms with Gasteiger partial charge in [-0.3, -0.25) is 9.48 Å². The molecule has 1 amide bonds. The van der Waals surface area contributed by atoms with Crippen LogP contribution in [0, 0.1) is 11.7 Å². The topological polar surface area (TPSA) is 97.7 Å². The average molecular weight is 358 g/mol. The van der Waals surface area contributed by atoms with Gasteiger partial charge in [-0.1, -0.05) is 0 Å². The Kier molecular flexibility index (Phi) is 4.37. The molecule has 2 N–H and O–H groups in total. The normalized spacial score (nSPS) is 19.9. The standard InChI is InChI=1S/C17H19FN6O2/c1-2-24-14(3-5-20-24)16-10(4-6-26-16)9-19-17(25)12-7-11(18)8-13-15(12)22-23-21-13/h3,5,7-8,10,16H,2,4,6,9H2,1H3,(H,19,25)(H,21,22,23)/t10-,16+/m0/s1. The Morgan fingerprint density at radius 2 is 2.35 bits per heavy atom. The van der Waals surface area contributed by atoms with Crippen molar-refractivity contribution in [3.63, 3.8) is 0 Å². The molecule has 2 aromatic heterocycles. The van der Waals surface area contributed by atoms with Gasteiger partial charge in [0.15, 0.2) is 0 Å². The highest BCUT2D eigenvalue weighted by atomic mass is 19.1. The van der Waals surface area contributed by atoms with Crippen LogP contribution in [-0.4, -0.2) is 44.3 Å². The van der Waals surface area contributed by atoms with Crippen LogP contribution in [0.2, 0.25) is 0 Å². The molecule has 26 heavy (non-hydrogen) atoms. The first kappa shape index (κ1) is 16.6. The number of amides is 1. The van der Waals surface area contributed by atoms with Crippen molar-refractivity contribution in [3.8, 4) is 0 Å². The molecule has 0 aliphatic carbocycles. The number of benzene rings is 1. The fourth-order valence-corrected chi connectivity index (χ4v) is 3.43. The number of halogens is 1. The smallest absolute Gasteiger partial charge is 0.253 e. The first-order valence-electron chi connectivity index (χ1n) is 8.59. The van der Waals surface area contributed by atoms with E-state index in [1.165, 1.54) is 12.1 Å². The second kappa shape index (κ2) is 6.83. The van der Waals surface area contributed by atoms with Crippen molar-refractivity contribution in [2.75, 3.05) is 13.2 Å². The molecular formula is C17H19FN6O2. The second-order valence-corrected chi connectivity index (χ2v) is 6.27. The minimum Gasteiger partial charge on any atom is -0.372 e. The van der Waals surface area contributed by atoms with Gasteiger partial charge in [-0.25, -0.2) is 4.39 Å². The summed E-state index contributed by atoms with van der Waals surface area (Å²) in [4.78, 5) is 12.6. The largest absolute Gasteiger partial charge is 0.372 e. The Morgan fingerprint density at radius 3 is 3.19 bits per heavy atom. The molecule has 2 atom stereocenters. The maximum Gasteiger partial charge on any atom is 0.253 e. The maximum absolute atomic E-state index is 13.7. The SMILES string of the molecule is CCn1nccc1[C@@H]1OCC[C@H]1CNC(=O)c1cc(F)cc2n[nH]nc12. The molecule has 136 valence electrons. The lowest BCUT2D eigenvalue weighted by Crippen LogP contribution is -2.31. The number of ether oxygens (including phenoxy) is 1. The molecule has 3 aromatic rings. The van der Waals surface area contributed by atoms with Gasteiger partial charge in [0.1, 0.15) is 23.0 Å². The molecule has 3 heterocycles. The fraction of sp³-hybridized carbons (Fsp3) is 0.412. The third kappa shape index (κ3) is 2.94. The number of aryl methyl sites for hydroxylation is 1. The van der Waals surface area contributed by atoms with Gasteiger partial charge in [0.25, 0.3) is 5.91 Å². The molecule has 0 spiro atoms. The molecule has 1 saturated heterocycles. The average Bonchev–Trinajstić information content (AvgIpc) is 3.37. The highest BCUT2D eigenvalue weighted by Crippen LogP contribution is 2.34. The van der Waals surface area contributed by atoms with Crippen LogP contribution in [0.5, 0.6) is 0 Å². The Bertz CT molecular complexity index is 936. The van der Waals surface area contributed by atoms with Crippen LogP contribution in [0.25, 0.3) is 11.0 Å². The van der Waals surface area contributed by atoms with Crippen LogP contribution in [-0.2, 0) is 11.3 Å². The predicted octanol–water partition coefficient (Wildman–Crippen LogP) is 1.82. The molecule has 0 saturated carbocycles. The van der Waals surface area contributed by atoms with Crippen LogP contribution in [0.1, 0.15) is 35.5 Å². The summed E-state index contributed by atoms with van der Waals surface area (Å²) in [6.07, 6.45) is 2.48. The molecule has 1 aromatic carbocycles. The summed E-state index contributed by atoms with van der Waals surface area (Å²) in [7, 11) is 0. The number of hydrogen-bond donors (Lipinski definition) is 2. The quantitative estimate of drug-likeness (QED) is 0.725. The summed E-state index contributed by atoms with van der Waals surface area (Å²) >= 11 is 0. The summed E-state index contributed by atoms with van der Waals surface area (Å²) in [5, 5.41) is 17.4. The zero-order valence-corrected chi connectivity index (χ0v) is 14.3. The zero-order valence-electron chi connectivity index (χ0n) is 14.3. The van der Waals surface area contributed by atoms with Crippen LogP contribution >= 0.6 is 0 Å². The summed E-state index contributed by atoms with van der Waals surface area (Å²) in [5.41, 5.74) is 1.85. The van der Waals surface area contributed by atoms with E-state index in [4.69, 9.17) is 4.74 Å². The molecular weight excluding hydrogens is 339 g/mol. The van der Waals surface area contributed by atoms with Gasteiger partial charge in [-0.2, -0.15) is 20.5 Å². The number of aromatic amines is 1. The molecule has 9 heteroatoms. The van der Waals surface area contributed by atoms with Crippen molar-refractivity contribution in [3.05, 3.63) is 41.5 Å². The number of carbonyl (C=O) groups excluding carboxylic acids is 1. The van der Waals surface area contributed by atoms with Crippen molar-refractivity contribution in [2.45, 2.75) is 26.0 Å². The van der Waals surface area contributed by atoms with E-state index < -0.39 is 5.82 Å². The number of aromatic nitrogens is 5. The number of fused-ring (bicyclic) bond motifs is 1. The first-order chi connectivity index (χ1) is 12.7.